The number of methoxy groups -OCH3 is 1. The minimum absolute atomic E-state index is 0.135. The fourth-order valence-electron chi connectivity index (χ4n) is 5.34. The molecule has 0 aliphatic carbocycles. The minimum Gasteiger partial charge on any atom is -0.492 e. The number of rotatable bonds is 7. The molecule has 1 N–H and O–H groups in total. The van der Waals surface area contributed by atoms with Crippen molar-refractivity contribution in [2.45, 2.75) is 12.5 Å². The molecule has 1 aromatic heterocycles. The number of carbonyl (C=O) groups excluding carboxylic acids is 1. The summed E-state index contributed by atoms with van der Waals surface area (Å²) < 4.78 is 24.3. The maximum atomic E-state index is 12.9. The molecule has 0 bridgehead atoms. The molecular formula is C26H31N7O5. The van der Waals surface area contributed by atoms with Gasteiger partial charge < -0.3 is 24.3 Å². The molecule has 3 aliphatic rings. The quantitative estimate of drug-likeness (QED) is 0.483. The summed E-state index contributed by atoms with van der Waals surface area (Å²) >= 11 is 0. The molecule has 6 rings (SSSR count). The van der Waals surface area contributed by atoms with Crippen LogP contribution in [0.15, 0.2) is 30.3 Å². The van der Waals surface area contributed by atoms with Crippen LogP contribution in [0, 0.1) is 0 Å². The maximum absolute atomic E-state index is 12.9. The first-order valence-corrected chi connectivity index (χ1v) is 12.8. The average molecular weight is 522 g/mol. The van der Waals surface area contributed by atoms with Crippen LogP contribution in [0.1, 0.15) is 33.4 Å². The smallest absolute Gasteiger partial charge is 0.251 e. The van der Waals surface area contributed by atoms with Crippen LogP contribution >= 0.6 is 0 Å². The van der Waals surface area contributed by atoms with Crippen LogP contribution in [-0.4, -0.2) is 103 Å². The molecular weight excluding hydrogens is 490 g/mol. The van der Waals surface area contributed by atoms with Gasteiger partial charge in [-0.15, -0.1) is 5.10 Å². The van der Waals surface area contributed by atoms with Crippen molar-refractivity contribution >= 4 is 5.91 Å². The molecule has 0 unspecified atom stereocenters. The third-order valence-electron chi connectivity index (χ3n) is 7.30. The lowest BCUT2D eigenvalue weighted by Gasteiger charge is -2.34. The zero-order valence-corrected chi connectivity index (χ0v) is 21.6. The third-order valence-corrected chi connectivity index (χ3v) is 7.30. The van der Waals surface area contributed by atoms with E-state index in [1.165, 1.54) is 0 Å². The number of carbonyl (C=O) groups is 1. The summed E-state index contributed by atoms with van der Waals surface area (Å²) in [5.41, 5.74) is 3.31. The van der Waals surface area contributed by atoms with Crippen LogP contribution in [0.2, 0.25) is 0 Å². The van der Waals surface area contributed by atoms with E-state index >= 15 is 0 Å². The molecule has 1 atom stereocenters. The van der Waals surface area contributed by atoms with Crippen molar-refractivity contribution in [1.82, 2.24) is 35.3 Å². The number of ether oxygens (including phenoxy) is 4. The van der Waals surface area contributed by atoms with Crippen LogP contribution < -0.4 is 19.5 Å². The summed E-state index contributed by atoms with van der Waals surface area (Å²) in [6.07, 6.45) is 0.830. The summed E-state index contributed by atoms with van der Waals surface area (Å²) in [7, 11) is 3.67. The second-order valence-electron chi connectivity index (χ2n) is 9.56. The Morgan fingerprint density at radius 3 is 2.89 bits per heavy atom. The molecule has 4 heterocycles. The molecule has 200 valence electrons. The van der Waals surface area contributed by atoms with Gasteiger partial charge in [0.1, 0.15) is 6.04 Å². The standard InChI is InChI=1S/C26H31N7O5/c1-31-8-6-17-15-20-23(38-16-37-20)24(35-2)21(17)22(31)25-28-29-30-33(25)19-5-3-4-18(14-19)26(34)27-7-9-32-10-12-36-13-11-32/h3-5,14-15,22H,6-13,16H2,1-2H3,(H,27,34)/t22-/m0/s1. The monoisotopic (exact) mass is 521 g/mol. The van der Waals surface area contributed by atoms with E-state index < -0.39 is 0 Å². The predicted octanol–water partition coefficient (Wildman–Crippen LogP) is 1.04. The Morgan fingerprint density at radius 2 is 2.05 bits per heavy atom. The van der Waals surface area contributed by atoms with E-state index in [0.717, 1.165) is 56.9 Å². The molecule has 1 fully saturated rings. The molecule has 1 saturated heterocycles. The molecule has 12 nitrogen and oxygen atoms in total. The van der Waals surface area contributed by atoms with Gasteiger partial charge >= 0.3 is 0 Å². The number of nitrogens with zero attached hydrogens (tertiary/aromatic N) is 6. The summed E-state index contributed by atoms with van der Waals surface area (Å²) in [6, 6.07) is 9.08. The SMILES string of the molecule is COc1c2c(cc3c1[C@@H](c1nnnn1-c1cccc(C(=O)NCCN4CCOCC4)c1)N(C)CC3)OCO2. The maximum Gasteiger partial charge on any atom is 0.251 e. The highest BCUT2D eigenvalue weighted by molar-refractivity contribution is 5.94. The fraction of sp³-hybridized carbons (Fsp3) is 0.462. The summed E-state index contributed by atoms with van der Waals surface area (Å²) in [4.78, 5) is 17.4. The number of likely N-dealkylation sites (N-methyl/N-ethyl adjacent to an activating group) is 1. The van der Waals surface area contributed by atoms with Crippen LogP contribution in [0.4, 0.5) is 0 Å². The molecule has 0 spiro atoms. The normalized spacial score (nSPS) is 19.3. The van der Waals surface area contributed by atoms with Crippen LogP contribution in [0.5, 0.6) is 17.2 Å². The highest BCUT2D eigenvalue weighted by Gasteiger charge is 2.37. The third kappa shape index (κ3) is 4.55. The first-order chi connectivity index (χ1) is 18.6. The van der Waals surface area contributed by atoms with E-state index in [0.29, 0.717) is 40.9 Å². The van der Waals surface area contributed by atoms with Crippen molar-refractivity contribution in [3.8, 4) is 22.9 Å². The van der Waals surface area contributed by atoms with Crippen LogP contribution in [-0.2, 0) is 11.2 Å². The molecule has 2 aromatic carbocycles. The number of benzene rings is 2. The highest BCUT2D eigenvalue weighted by atomic mass is 16.7. The molecule has 0 saturated carbocycles. The lowest BCUT2D eigenvalue weighted by atomic mass is 9.90. The molecule has 38 heavy (non-hydrogen) atoms. The zero-order chi connectivity index (χ0) is 26.1. The van der Waals surface area contributed by atoms with Crippen LogP contribution in [0.25, 0.3) is 5.69 Å². The van der Waals surface area contributed by atoms with Crippen molar-refractivity contribution in [2.24, 2.45) is 0 Å². The van der Waals surface area contributed by atoms with E-state index in [9.17, 15) is 4.79 Å². The van der Waals surface area contributed by atoms with E-state index in [1.807, 2.05) is 31.3 Å². The Morgan fingerprint density at radius 1 is 1.18 bits per heavy atom. The van der Waals surface area contributed by atoms with Crippen molar-refractivity contribution in [1.29, 1.82) is 0 Å². The van der Waals surface area contributed by atoms with Crippen molar-refractivity contribution in [3.63, 3.8) is 0 Å². The Balaban J connectivity index is 1.27. The van der Waals surface area contributed by atoms with Gasteiger partial charge in [-0.1, -0.05) is 6.07 Å². The molecule has 1 amide bonds. The zero-order valence-electron chi connectivity index (χ0n) is 21.6. The summed E-state index contributed by atoms with van der Waals surface area (Å²) in [5, 5.41) is 15.8. The Kier molecular flexibility index (Phi) is 6.83. The Bertz CT molecular complexity index is 1320. The van der Waals surface area contributed by atoms with Gasteiger partial charge in [0, 0.05) is 43.9 Å². The largest absolute Gasteiger partial charge is 0.492 e. The fourth-order valence-corrected chi connectivity index (χ4v) is 5.34. The van der Waals surface area contributed by atoms with E-state index in [2.05, 4.69) is 30.6 Å². The molecule has 0 radical (unpaired) electrons. The first-order valence-electron chi connectivity index (χ1n) is 12.8. The molecule has 3 aromatic rings. The number of nitrogens with one attached hydrogen (secondary N) is 1. The van der Waals surface area contributed by atoms with Gasteiger partial charge in [-0.2, -0.15) is 4.68 Å². The van der Waals surface area contributed by atoms with E-state index in [1.54, 1.807) is 17.9 Å². The summed E-state index contributed by atoms with van der Waals surface area (Å²) in [5.74, 6) is 2.41. The second-order valence-corrected chi connectivity index (χ2v) is 9.56. The minimum atomic E-state index is -0.288. The average Bonchev–Trinajstić information content (AvgIpc) is 3.62. The van der Waals surface area contributed by atoms with Crippen molar-refractivity contribution in [3.05, 3.63) is 52.8 Å². The lowest BCUT2D eigenvalue weighted by Crippen LogP contribution is -2.41. The number of aromatic nitrogens is 4. The summed E-state index contributed by atoms with van der Waals surface area (Å²) in [6.45, 7) is 5.57. The van der Waals surface area contributed by atoms with Gasteiger partial charge in [0.25, 0.3) is 5.91 Å². The van der Waals surface area contributed by atoms with E-state index in [-0.39, 0.29) is 18.7 Å². The molecule has 12 heteroatoms. The van der Waals surface area contributed by atoms with Gasteiger partial charge in [0.05, 0.1) is 26.0 Å². The Hall–Kier alpha value is -3.74. The highest BCUT2D eigenvalue weighted by Crippen LogP contribution is 2.50. The number of hydrogen-bond acceptors (Lipinski definition) is 10. The topological polar surface area (TPSA) is 116 Å². The van der Waals surface area contributed by atoms with Gasteiger partial charge in [-0.05, 0) is 53.7 Å². The molecule has 3 aliphatic heterocycles. The van der Waals surface area contributed by atoms with Crippen LogP contribution in [0.3, 0.4) is 0 Å². The lowest BCUT2D eigenvalue weighted by molar-refractivity contribution is 0.0383. The van der Waals surface area contributed by atoms with Gasteiger partial charge in [0.15, 0.2) is 17.3 Å². The number of morpholine rings is 1. The van der Waals surface area contributed by atoms with Gasteiger partial charge in [-0.3, -0.25) is 14.6 Å². The van der Waals surface area contributed by atoms with Crippen molar-refractivity contribution in [2.75, 3.05) is 66.9 Å². The van der Waals surface area contributed by atoms with Gasteiger partial charge in [-0.25, -0.2) is 0 Å². The first kappa shape index (κ1) is 24.6. The Labute approximate surface area is 220 Å². The van der Waals surface area contributed by atoms with Gasteiger partial charge in [0.2, 0.25) is 12.5 Å². The number of tetrazole rings is 1. The van der Waals surface area contributed by atoms with E-state index in [4.69, 9.17) is 18.9 Å². The number of amides is 1. The number of fused-ring (bicyclic) bond motifs is 2. The number of hydrogen-bond donors (Lipinski definition) is 1. The second kappa shape index (κ2) is 10.6. The van der Waals surface area contributed by atoms with Crippen molar-refractivity contribution < 1.29 is 23.7 Å². The predicted molar refractivity (Wildman–Crippen MR) is 136 cm³/mol.